The van der Waals surface area contributed by atoms with Crippen molar-refractivity contribution in [3.8, 4) is 17.2 Å². The Kier molecular flexibility index (Phi) is 9.19. The highest BCUT2D eigenvalue weighted by Crippen LogP contribution is 2.33. The molecule has 0 saturated heterocycles. The second-order valence-corrected chi connectivity index (χ2v) is 8.15. The average Bonchev–Trinajstić information content (AvgIpc) is 2.81. The van der Waals surface area contributed by atoms with Crippen LogP contribution < -0.4 is 14.8 Å². The Bertz CT molecular complexity index is 1150. The molecule has 1 amide bonds. The van der Waals surface area contributed by atoms with E-state index in [1.807, 2.05) is 6.92 Å². The Morgan fingerprint density at radius 3 is 2.44 bits per heavy atom. The smallest absolute Gasteiger partial charge is 0.340 e. The molecule has 3 rings (SSSR count). The number of para-hydroxylation sites is 1. The SMILES string of the molecule is CCCC(Oc1cccc(Oc2ccc(Cl)cc2Cl)c1)C(=O)Nc1ccccc1C(=O)OCC. The highest BCUT2D eigenvalue weighted by molar-refractivity contribution is 6.35. The lowest BCUT2D eigenvalue weighted by atomic mass is 10.1. The zero-order valence-electron chi connectivity index (χ0n) is 18.8. The van der Waals surface area contributed by atoms with Crippen LogP contribution in [-0.2, 0) is 9.53 Å². The normalized spacial score (nSPS) is 11.4. The Labute approximate surface area is 208 Å². The van der Waals surface area contributed by atoms with E-state index in [-0.39, 0.29) is 18.1 Å². The molecular weight excluding hydrogens is 477 g/mol. The summed E-state index contributed by atoms with van der Waals surface area (Å²) in [6.45, 7) is 3.92. The minimum Gasteiger partial charge on any atom is -0.480 e. The van der Waals surface area contributed by atoms with E-state index >= 15 is 0 Å². The lowest BCUT2D eigenvalue weighted by Gasteiger charge is -2.19. The molecule has 0 aliphatic rings. The molecule has 34 heavy (non-hydrogen) atoms. The fraction of sp³-hybridized carbons (Fsp3) is 0.231. The number of benzene rings is 3. The predicted molar refractivity (Wildman–Crippen MR) is 133 cm³/mol. The first-order valence-corrected chi connectivity index (χ1v) is 11.6. The molecule has 0 bridgehead atoms. The number of anilines is 1. The second kappa shape index (κ2) is 12.3. The van der Waals surface area contributed by atoms with Gasteiger partial charge in [-0.3, -0.25) is 4.79 Å². The predicted octanol–water partition coefficient (Wildman–Crippen LogP) is 7.15. The van der Waals surface area contributed by atoms with E-state index in [4.69, 9.17) is 37.4 Å². The summed E-state index contributed by atoms with van der Waals surface area (Å²) in [6.07, 6.45) is 0.407. The van der Waals surface area contributed by atoms with E-state index in [0.717, 1.165) is 0 Å². The Morgan fingerprint density at radius 1 is 0.941 bits per heavy atom. The van der Waals surface area contributed by atoms with Gasteiger partial charge in [0, 0.05) is 11.1 Å². The summed E-state index contributed by atoms with van der Waals surface area (Å²) in [6, 6.07) is 18.6. The number of halogens is 2. The molecule has 1 unspecified atom stereocenters. The molecular formula is C26H25Cl2NO5. The van der Waals surface area contributed by atoms with Crippen LogP contribution in [0, 0.1) is 0 Å². The van der Waals surface area contributed by atoms with Gasteiger partial charge in [-0.15, -0.1) is 0 Å². The van der Waals surface area contributed by atoms with Gasteiger partial charge in [-0.25, -0.2) is 4.79 Å². The summed E-state index contributed by atoms with van der Waals surface area (Å²) in [5, 5.41) is 3.68. The molecule has 8 heteroatoms. The molecule has 0 spiro atoms. The van der Waals surface area contributed by atoms with Crippen molar-refractivity contribution in [3.63, 3.8) is 0 Å². The molecule has 0 fully saturated rings. The molecule has 3 aromatic rings. The van der Waals surface area contributed by atoms with Crippen LogP contribution in [-0.4, -0.2) is 24.6 Å². The van der Waals surface area contributed by atoms with E-state index in [9.17, 15) is 9.59 Å². The summed E-state index contributed by atoms with van der Waals surface area (Å²) >= 11 is 12.1. The van der Waals surface area contributed by atoms with Gasteiger partial charge in [0.2, 0.25) is 0 Å². The fourth-order valence-electron chi connectivity index (χ4n) is 3.16. The zero-order valence-corrected chi connectivity index (χ0v) is 20.4. The lowest BCUT2D eigenvalue weighted by molar-refractivity contribution is -0.123. The van der Waals surface area contributed by atoms with Gasteiger partial charge in [0.1, 0.15) is 17.2 Å². The molecule has 0 aliphatic heterocycles. The molecule has 3 aromatic carbocycles. The molecule has 1 N–H and O–H groups in total. The first kappa shape index (κ1) is 25.4. The van der Waals surface area contributed by atoms with E-state index in [1.54, 1.807) is 73.7 Å². The Morgan fingerprint density at radius 2 is 1.71 bits per heavy atom. The number of nitrogens with one attached hydrogen (secondary N) is 1. The van der Waals surface area contributed by atoms with Crippen LogP contribution in [0.5, 0.6) is 17.2 Å². The monoisotopic (exact) mass is 501 g/mol. The summed E-state index contributed by atoms with van der Waals surface area (Å²) in [7, 11) is 0. The third-order valence-electron chi connectivity index (χ3n) is 4.73. The van der Waals surface area contributed by atoms with Crippen LogP contribution in [0.4, 0.5) is 5.69 Å². The molecule has 0 saturated carbocycles. The van der Waals surface area contributed by atoms with Gasteiger partial charge < -0.3 is 19.5 Å². The van der Waals surface area contributed by atoms with Crippen molar-refractivity contribution in [2.45, 2.75) is 32.8 Å². The molecule has 6 nitrogen and oxygen atoms in total. The van der Waals surface area contributed by atoms with Gasteiger partial charge in [0.05, 0.1) is 22.9 Å². The third-order valence-corrected chi connectivity index (χ3v) is 5.26. The zero-order chi connectivity index (χ0) is 24.5. The first-order valence-electron chi connectivity index (χ1n) is 10.9. The van der Waals surface area contributed by atoms with Crippen molar-refractivity contribution in [2.24, 2.45) is 0 Å². The minimum atomic E-state index is -0.783. The second-order valence-electron chi connectivity index (χ2n) is 7.30. The summed E-state index contributed by atoms with van der Waals surface area (Å²) in [5.41, 5.74) is 0.647. The molecule has 0 aromatic heterocycles. The quantitative estimate of drug-likeness (QED) is 0.298. The van der Waals surface area contributed by atoms with Crippen LogP contribution in [0.25, 0.3) is 0 Å². The van der Waals surface area contributed by atoms with Gasteiger partial charge >= 0.3 is 5.97 Å². The van der Waals surface area contributed by atoms with Crippen LogP contribution >= 0.6 is 23.2 Å². The van der Waals surface area contributed by atoms with Gasteiger partial charge in [0.15, 0.2) is 6.10 Å². The molecule has 0 radical (unpaired) electrons. The van der Waals surface area contributed by atoms with Crippen LogP contribution in [0.2, 0.25) is 10.0 Å². The molecule has 0 heterocycles. The molecule has 178 valence electrons. The number of esters is 1. The topological polar surface area (TPSA) is 73.9 Å². The first-order chi connectivity index (χ1) is 16.4. The van der Waals surface area contributed by atoms with Crippen molar-refractivity contribution in [2.75, 3.05) is 11.9 Å². The standard InChI is InChI=1S/C26H25Cl2NO5/c1-3-8-24(25(30)29-22-12-6-5-11-20(22)26(31)32-4-2)34-19-10-7-9-18(16-19)33-23-14-13-17(27)15-21(23)28/h5-7,9-16,24H,3-4,8H2,1-2H3,(H,29,30). The van der Waals surface area contributed by atoms with Crippen LogP contribution in [0.1, 0.15) is 37.0 Å². The van der Waals surface area contributed by atoms with Crippen LogP contribution in [0.3, 0.4) is 0 Å². The number of carbonyl (C=O) groups is 2. The number of amides is 1. The van der Waals surface area contributed by atoms with E-state index in [1.165, 1.54) is 0 Å². The number of rotatable bonds is 10. The largest absolute Gasteiger partial charge is 0.480 e. The van der Waals surface area contributed by atoms with Crippen molar-refractivity contribution >= 4 is 40.8 Å². The van der Waals surface area contributed by atoms with Crippen molar-refractivity contribution < 1.29 is 23.8 Å². The van der Waals surface area contributed by atoms with Gasteiger partial charge in [0.25, 0.3) is 5.91 Å². The summed E-state index contributed by atoms with van der Waals surface area (Å²) in [5.74, 6) is 0.518. The maximum atomic E-state index is 13.0. The summed E-state index contributed by atoms with van der Waals surface area (Å²) < 4.78 is 16.9. The van der Waals surface area contributed by atoms with Gasteiger partial charge in [-0.2, -0.15) is 0 Å². The van der Waals surface area contributed by atoms with Crippen molar-refractivity contribution in [1.82, 2.24) is 0 Å². The maximum Gasteiger partial charge on any atom is 0.340 e. The number of carbonyl (C=O) groups excluding carboxylic acids is 2. The number of ether oxygens (including phenoxy) is 3. The van der Waals surface area contributed by atoms with Crippen molar-refractivity contribution in [1.29, 1.82) is 0 Å². The Balaban J connectivity index is 1.75. The van der Waals surface area contributed by atoms with Crippen LogP contribution in [0.15, 0.2) is 66.7 Å². The Hall–Kier alpha value is -3.22. The maximum absolute atomic E-state index is 13.0. The number of hydrogen-bond donors (Lipinski definition) is 1. The summed E-state index contributed by atoms with van der Waals surface area (Å²) in [4.78, 5) is 25.3. The minimum absolute atomic E-state index is 0.238. The lowest BCUT2D eigenvalue weighted by Crippen LogP contribution is -2.33. The molecule has 0 aliphatic carbocycles. The van der Waals surface area contributed by atoms with Gasteiger partial charge in [-0.1, -0.05) is 54.7 Å². The third kappa shape index (κ3) is 6.89. The van der Waals surface area contributed by atoms with E-state index < -0.39 is 12.1 Å². The van der Waals surface area contributed by atoms with E-state index in [0.29, 0.717) is 45.8 Å². The molecule has 1 atom stereocenters. The van der Waals surface area contributed by atoms with Gasteiger partial charge in [-0.05, 0) is 55.8 Å². The van der Waals surface area contributed by atoms with E-state index in [2.05, 4.69) is 5.32 Å². The highest BCUT2D eigenvalue weighted by atomic mass is 35.5. The fourth-order valence-corrected chi connectivity index (χ4v) is 3.61. The van der Waals surface area contributed by atoms with Crippen molar-refractivity contribution in [3.05, 3.63) is 82.3 Å². The number of hydrogen-bond acceptors (Lipinski definition) is 5. The average molecular weight is 502 g/mol. The highest BCUT2D eigenvalue weighted by Gasteiger charge is 2.22.